The zero-order valence-electron chi connectivity index (χ0n) is 10.5. The van der Waals surface area contributed by atoms with Gasteiger partial charge < -0.3 is 10.4 Å². The molecule has 2 rings (SSSR count). The van der Waals surface area contributed by atoms with Crippen LogP contribution in [0.25, 0.3) is 0 Å². The van der Waals surface area contributed by atoms with E-state index in [0.717, 1.165) is 25.7 Å². The van der Waals surface area contributed by atoms with Crippen LogP contribution in [0.4, 0.5) is 0 Å². The number of hydrogen-bond acceptors (Lipinski definition) is 4. The molecule has 1 amide bonds. The van der Waals surface area contributed by atoms with Crippen LogP contribution in [0.15, 0.2) is 12.7 Å². The summed E-state index contributed by atoms with van der Waals surface area (Å²) in [5, 5.41) is 16.3. The van der Waals surface area contributed by atoms with Gasteiger partial charge in [0.1, 0.15) is 19.2 Å². The highest BCUT2D eigenvalue weighted by molar-refractivity contribution is 5.75. The van der Waals surface area contributed by atoms with E-state index in [1.807, 2.05) is 0 Å². The van der Waals surface area contributed by atoms with Gasteiger partial charge in [0.2, 0.25) is 5.91 Å². The van der Waals surface area contributed by atoms with Crippen LogP contribution in [0.3, 0.4) is 0 Å². The Morgan fingerprint density at radius 2 is 2.17 bits per heavy atom. The minimum atomic E-state index is -0.115. The van der Waals surface area contributed by atoms with Crippen LogP contribution in [-0.4, -0.2) is 38.9 Å². The Kier molecular flexibility index (Phi) is 4.30. The van der Waals surface area contributed by atoms with Crippen LogP contribution in [-0.2, 0) is 11.3 Å². The lowest BCUT2D eigenvalue weighted by Gasteiger charge is -2.35. The number of nitrogens with one attached hydrogen (secondary N) is 1. The summed E-state index contributed by atoms with van der Waals surface area (Å²) in [5.74, 6) is -0.0844. The van der Waals surface area contributed by atoms with Gasteiger partial charge in [0.25, 0.3) is 0 Å². The van der Waals surface area contributed by atoms with E-state index in [-0.39, 0.29) is 24.5 Å². The summed E-state index contributed by atoms with van der Waals surface area (Å²) < 4.78 is 1.49. The van der Waals surface area contributed by atoms with Crippen molar-refractivity contribution in [3.8, 4) is 0 Å². The molecule has 0 spiro atoms. The molecular weight excluding hydrogens is 232 g/mol. The number of carbonyl (C=O) groups is 1. The Bertz CT molecular complexity index is 371. The molecule has 0 unspecified atom stereocenters. The second-order valence-electron chi connectivity index (χ2n) is 5.09. The Morgan fingerprint density at radius 1 is 1.39 bits per heavy atom. The SMILES string of the molecule is O=C(Cn1cncn1)NCC1(CO)CCCCC1. The van der Waals surface area contributed by atoms with Crippen LogP contribution < -0.4 is 5.32 Å². The van der Waals surface area contributed by atoms with Gasteiger partial charge in [-0.15, -0.1) is 0 Å². The molecule has 6 heteroatoms. The van der Waals surface area contributed by atoms with E-state index in [9.17, 15) is 9.90 Å². The van der Waals surface area contributed by atoms with E-state index in [2.05, 4.69) is 15.4 Å². The predicted octanol–water partition coefficient (Wildman–Crippen LogP) is 0.337. The number of carbonyl (C=O) groups excluding carboxylic acids is 1. The molecule has 2 N–H and O–H groups in total. The van der Waals surface area contributed by atoms with E-state index >= 15 is 0 Å². The number of nitrogens with zero attached hydrogens (tertiary/aromatic N) is 3. The third-order valence-corrected chi connectivity index (χ3v) is 3.68. The molecule has 1 aliphatic carbocycles. The molecule has 1 saturated carbocycles. The molecule has 6 nitrogen and oxygen atoms in total. The molecule has 1 fully saturated rings. The highest BCUT2D eigenvalue weighted by atomic mass is 16.3. The van der Waals surface area contributed by atoms with Gasteiger partial charge >= 0.3 is 0 Å². The normalized spacial score (nSPS) is 18.5. The third-order valence-electron chi connectivity index (χ3n) is 3.68. The molecular formula is C12H20N4O2. The average Bonchev–Trinajstić information content (AvgIpc) is 2.90. The lowest BCUT2D eigenvalue weighted by atomic mass is 9.74. The highest BCUT2D eigenvalue weighted by Gasteiger charge is 2.31. The van der Waals surface area contributed by atoms with E-state index in [1.165, 1.54) is 23.8 Å². The summed E-state index contributed by atoms with van der Waals surface area (Å²) in [6, 6.07) is 0. The second kappa shape index (κ2) is 5.95. The first-order chi connectivity index (χ1) is 8.74. The van der Waals surface area contributed by atoms with Crippen molar-refractivity contribution in [2.75, 3.05) is 13.2 Å². The molecule has 0 bridgehead atoms. The van der Waals surface area contributed by atoms with Gasteiger partial charge in [0.15, 0.2) is 0 Å². The van der Waals surface area contributed by atoms with Crippen LogP contribution >= 0.6 is 0 Å². The third kappa shape index (κ3) is 3.29. The van der Waals surface area contributed by atoms with Crippen molar-refractivity contribution in [3.63, 3.8) is 0 Å². The van der Waals surface area contributed by atoms with Gasteiger partial charge in [0, 0.05) is 12.0 Å². The summed E-state index contributed by atoms with van der Waals surface area (Å²) in [6.45, 7) is 0.884. The summed E-state index contributed by atoms with van der Waals surface area (Å²) in [4.78, 5) is 15.5. The van der Waals surface area contributed by atoms with Crippen LogP contribution in [0.2, 0.25) is 0 Å². The van der Waals surface area contributed by atoms with Gasteiger partial charge in [-0.3, -0.25) is 4.79 Å². The van der Waals surface area contributed by atoms with Crippen LogP contribution in [0.1, 0.15) is 32.1 Å². The smallest absolute Gasteiger partial charge is 0.241 e. The maximum atomic E-state index is 11.7. The number of aromatic nitrogens is 3. The molecule has 0 saturated heterocycles. The zero-order valence-corrected chi connectivity index (χ0v) is 10.5. The lowest BCUT2D eigenvalue weighted by Crippen LogP contribution is -2.42. The first kappa shape index (κ1) is 13.0. The molecule has 0 radical (unpaired) electrons. The standard InChI is InChI=1S/C12H20N4O2/c17-8-12(4-2-1-3-5-12)7-14-11(18)6-16-10-13-9-15-16/h9-10,17H,1-8H2,(H,14,18). The fourth-order valence-corrected chi connectivity index (χ4v) is 2.50. The number of rotatable bonds is 5. The zero-order chi connectivity index (χ0) is 12.8. The Morgan fingerprint density at radius 3 is 2.78 bits per heavy atom. The van der Waals surface area contributed by atoms with Gasteiger partial charge in [0.05, 0.1) is 6.61 Å². The maximum Gasteiger partial charge on any atom is 0.241 e. The molecule has 1 heterocycles. The van der Waals surface area contributed by atoms with Gasteiger partial charge in [-0.25, -0.2) is 9.67 Å². The van der Waals surface area contributed by atoms with Crippen LogP contribution in [0, 0.1) is 5.41 Å². The largest absolute Gasteiger partial charge is 0.396 e. The number of hydrogen-bond donors (Lipinski definition) is 2. The number of aliphatic hydroxyl groups is 1. The van der Waals surface area contributed by atoms with E-state index in [1.54, 1.807) is 0 Å². The number of aliphatic hydroxyl groups excluding tert-OH is 1. The molecule has 0 aromatic carbocycles. The monoisotopic (exact) mass is 252 g/mol. The first-order valence-corrected chi connectivity index (χ1v) is 6.44. The summed E-state index contributed by atoms with van der Waals surface area (Å²) in [6.07, 6.45) is 8.42. The molecule has 0 aliphatic heterocycles. The van der Waals surface area contributed by atoms with Crippen molar-refractivity contribution < 1.29 is 9.90 Å². The van der Waals surface area contributed by atoms with Crippen molar-refractivity contribution in [3.05, 3.63) is 12.7 Å². The van der Waals surface area contributed by atoms with Gasteiger partial charge in [-0.1, -0.05) is 19.3 Å². The van der Waals surface area contributed by atoms with Crippen molar-refractivity contribution in [2.45, 2.75) is 38.6 Å². The average molecular weight is 252 g/mol. The minimum Gasteiger partial charge on any atom is -0.396 e. The number of amides is 1. The van der Waals surface area contributed by atoms with Crippen molar-refractivity contribution >= 4 is 5.91 Å². The quantitative estimate of drug-likeness (QED) is 0.791. The fraction of sp³-hybridized carbons (Fsp3) is 0.750. The highest BCUT2D eigenvalue weighted by Crippen LogP contribution is 2.35. The second-order valence-corrected chi connectivity index (χ2v) is 5.09. The Balaban J connectivity index is 1.80. The van der Waals surface area contributed by atoms with Crippen LogP contribution in [0.5, 0.6) is 0 Å². The molecule has 1 aromatic heterocycles. The Labute approximate surface area is 106 Å². The summed E-state index contributed by atoms with van der Waals surface area (Å²) in [5.41, 5.74) is -0.115. The van der Waals surface area contributed by atoms with E-state index in [0.29, 0.717) is 6.54 Å². The maximum absolute atomic E-state index is 11.7. The van der Waals surface area contributed by atoms with Crippen molar-refractivity contribution in [1.82, 2.24) is 20.1 Å². The first-order valence-electron chi connectivity index (χ1n) is 6.44. The fourth-order valence-electron chi connectivity index (χ4n) is 2.50. The molecule has 100 valence electrons. The molecule has 1 aliphatic rings. The van der Waals surface area contributed by atoms with E-state index in [4.69, 9.17) is 0 Å². The summed E-state index contributed by atoms with van der Waals surface area (Å²) >= 11 is 0. The van der Waals surface area contributed by atoms with Gasteiger partial charge in [-0.2, -0.15) is 5.10 Å². The van der Waals surface area contributed by atoms with E-state index < -0.39 is 0 Å². The van der Waals surface area contributed by atoms with Crippen molar-refractivity contribution in [1.29, 1.82) is 0 Å². The molecule has 18 heavy (non-hydrogen) atoms. The minimum absolute atomic E-state index is 0.0844. The van der Waals surface area contributed by atoms with Crippen molar-refractivity contribution in [2.24, 2.45) is 5.41 Å². The molecule has 1 aromatic rings. The molecule has 0 atom stereocenters. The Hall–Kier alpha value is -1.43. The van der Waals surface area contributed by atoms with Gasteiger partial charge in [-0.05, 0) is 12.8 Å². The predicted molar refractivity (Wildman–Crippen MR) is 65.6 cm³/mol. The lowest BCUT2D eigenvalue weighted by molar-refractivity contribution is -0.122. The summed E-state index contributed by atoms with van der Waals surface area (Å²) in [7, 11) is 0. The topological polar surface area (TPSA) is 80.0 Å².